The first-order chi connectivity index (χ1) is 10.1. The molecule has 0 amide bonds. The van der Waals surface area contributed by atoms with Crippen LogP contribution in [0.3, 0.4) is 0 Å². The summed E-state index contributed by atoms with van der Waals surface area (Å²) in [6.07, 6.45) is 0. The van der Waals surface area contributed by atoms with E-state index in [-0.39, 0.29) is 22.1 Å². The van der Waals surface area contributed by atoms with Gasteiger partial charge in [0, 0.05) is 12.1 Å². The summed E-state index contributed by atoms with van der Waals surface area (Å²) < 4.78 is 1.01. The van der Waals surface area contributed by atoms with E-state index in [1.54, 1.807) is 24.3 Å². The second-order valence-electron chi connectivity index (χ2n) is 4.40. The van der Waals surface area contributed by atoms with Gasteiger partial charge < -0.3 is 0 Å². The van der Waals surface area contributed by atoms with E-state index in [2.05, 4.69) is 5.10 Å². The predicted octanol–water partition coefficient (Wildman–Crippen LogP) is 1.59. The number of nitrogens with one attached hydrogen (secondary N) is 1. The van der Waals surface area contributed by atoms with Crippen LogP contribution in [0.25, 0.3) is 16.5 Å². The minimum Gasteiger partial charge on any atom is -0.267 e. The van der Waals surface area contributed by atoms with Gasteiger partial charge in [0.2, 0.25) is 0 Å². The van der Waals surface area contributed by atoms with Gasteiger partial charge in [-0.15, -0.1) is 0 Å². The van der Waals surface area contributed by atoms with E-state index in [0.29, 0.717) is 0 Å². The van der Waals surface area contributed by atoms with E-state index in [1.807, 2.05) is 0 Å². The zero-order chi connectivity index (χ0) is 15.0. The van der Waals surface area contributed by atoms with Gasteiger partial charge in [-0.3, -0.25) is 24.8 Å². The lowest BCUT2D eigenvalue weighted by Crippen LogP contribution is -2.28. The number of aromatic nitrogens is 2. The van der Waals surface area contributed by atoms with Crippen molar-refractivity contribution in [2.75, 3.05) is 0 Å². The van der Waals surface area contributed by atoms with Crippen molar-refractivity contribution in [2.45, 2.75) is 0 Å². The molecule has 0 aliphatic carbocycles. The molecule has 0 saturated carbocycles. The number of aromatic amines is 1. The molecular weight excluding hydrogens is 274 g/mol. The van der Waals surface area contributed by atoms with Crippen molar-refractivity contribution in [3.05, 3.63) is 79.4 Å². The van der Waals surface area contributed by atoms with Crippen molar-refractivity contribution < 1.29 is 4.92 Å². The third-order valence-electron chi connectivity index (χ3n) is 3.12. The van der Waals surface area contributed by atoms with Gasteiger partial charge in [0.25, 0.3) is 16.8 Å². The van der Waals surface area contributed by atoms with Crippen LogP contribution in [0.1, 0.15) is 0 Å². The van der Waals surface area contributed by atoms with Crippen LogP contribution in [0.4, 0.5) is 5.69 Å². The van der Waals surface area contributed by atoms with E-state index < -0.39 is 16.0 Å². The Bertz CT molecular complexity index is 972. The molecule has 0 unspecified atom stereocenters. The molecule has 7 nitrogen and oxygen atoms in total. The average molecular weight is 283 g/mol. The van der Waals surface area contributed by atoms with E-state index >= 15 is 0 Å². The van der Waals surface area contributed by atoms with Crippen LogP contribution in [-0.4, -0.2) is 14.7 Å². The first-order valence-corrected chi connectivity index (χ1v) is 6.07. The van der Waals surface area contributed by atoms with Crippen LogP contribution >= 0.6 is 0 Å². The lowest BCUT2D eigenvalue weighted by atomic mass is 10.2. The maximum atomic E-state index is 12.4. The van der Waals surface area contributed by atoms with Gasteiger partial charge in [-0.25, -0.2) is 4.68 Å². The molecule has 0 aliphatic heterocycles. The highest BCUT2D eigenvalue weighted by atomic mass is 16.6. The largest absolute Gasteiger partial charge is 0.277 e. The fourth-order valence-corrected chi connectivity index (χ4v) is 2.13. The second-order valence-corrected chi connectivity index (χ2v) is 4.40. The Labute approximate surface area is 117 Å². The Balaban J connectivity index is 2.34. The standard InChI is InChI=1S/C14H9N3O4/c18-13-11-6-1-2-7-12(11)14(19)16(15-13)9-4-3-5-10(8-9)17(20)21/h1-8H,(H,15,18). The second kappa shape index (κ2) is 4.71. The van der Waals surface area contributed by atoms with Gasteiger partial charge in [0.05, 0.1) is 21.4 Å². The molecule has 7 heteroatoms. The molecule has 0 bridgehead atoms. The number of non-ortho nitro benzene ring substituents is 1. The number of nitrogens with zero attached hydrogens (tertiary/aromatic N) is 2. The molecule has 2 aromatic carbocycles. The molecule has 0 saturated heterocycles. The van der Waals surface area contributed by atoms with Crippen LogP contribution in [0.5, 0.6) is 0 Å². The smallest absolute Gasteiger partial charge is 0.267 e. The van der Waals surface area contributed by atoms with Gasteiger partial charge >= 0.3 is 0 Å². The molecule has 3 rings (SSSR count). The Hall–Kier alpha value is -3.22. The number of benzene rings is 2. The minimum atomic E-state index is -0.562. The molecule has 0 atom stereocenters. The summed E-state index contributed by atoms with van der Waals surface area (Å²) in [7, 11) is 0. The molecule has 1 aromatic heterocycles. The van der Waals surface area contributed by atoms with E-state index in [0.717, 1.165) is 4.68 Å². The minimum absolute atomic E-state index is 0.159. The van der Waals surface area contributed by atoms with Crippen LogP contribution in [-0.2, 0) is 0 Å². The van der Waals surface area contributed by atoms with Gasteiger partial charge in [0.15, 0.2) is 0 Å². The molecule has 0 radical (unpaired) electrons. The number of H-pyrrole nitrogens is 1. The van der Waals surface area contributed by atoms with Crippen molar-refractivity contribution >= 4 is 16.5 Å². The Kier molecular flexibility index (Phi) is 2.87. The Morgan fingerprint density at radius 1 is 1.00 bits per heavy atom. The summed E-state index contributed by atoms with van der Waals surface area (Å²) in [6.45, 7) is 0. The molecular formula is C14H9N3O4. The molecule has 104 valence electrons. The fraction of sp³-hybridized carbons (Fsp3) is 0. The summed E-state index contributed by atoms with van der Waals surface area (Å²) in [4.78, 5) is 34.6. The number of hydrogen-bond donors (Lipinski definition) is 1. The first kappa shape index (κ1) is 12.8. The lowest BCUT2D eigenvalue weighted by molar-refractivity contribution is -0.384. The van der Waals surface area contributed by atoms with Crippen LogP contribution in [0.15, 0.2) is 58.1 Å². The molecule has 1 N–H and O–H groups in total. The molecule has 1 heterocycles. The van der Waals surface area contributed by atoms with Gasteiger partial charge in [0.1, 0.15) is 0 Å². The molecule has 3 aromatic rings. The first-order valence-electron chi connectivity index (χ1n) is 6.07. The fourth-order valence-electron chi connectivity index (χ4n) is 2.13. The third-order valence-corrected chi connectivity index (χ3v) is 3.12. The monoisotopic (exact) mass is 283 g/mol. The number of fused-ring (bicyclic) bond motifs is 1. The quantitative estimate of drug-likeness (QED) is 0.570. The predicted molar refractivity (Wildman–Crippen MR) is 76.8 cm³/mol. The van der Waals surface area contributed by atoms with Crippen LogP contribution in [0, 0.1) is 10.1 Å². The molecule has 0 spiro atoms. The summed E-state index contributed by atoms with van der Waals surface area (Å²) >= 11 is 0. The van der Waals surface area contributed by atoms with E-state index in [9.17, 15) is 19.7 Å². The number of nitro groups is 1. The molecule has 0 fully saturated rings. The summed E-state index contributed by atoms with van der Waals surface area (Å²) in [6, 6.07) is 11.9. The van der Waals surface area contributed by atoms with Crippen molar-refractivity contribution in [1.29, 1.82) is 0 Å². The Morgan fingerprint density at radius 2 is 1.71 bits per heavy atom. The van der Waals surface area contributed by atoms with E-state index in [4.69, 9.17) is 0 Å². The molecule has 0 aliphatic rings. The van der Waals surface area contributed by atoms with Crippen LogP contribution < -0.4 is 11.1 Å². The van der Waals surface area contributed by atoms with Crippen molar-refractivity contribution in [3.8, 4) is 5.69 Å². The summed E-state index contributed by atoms with van der Waals surface area (Å²) in [5, 5.41) is 13.8. The van der Waals surface area contributed by atoms with Gasteiger partial charge in [-0.2, -0.15) is 0 Å². The average Bonchev–Trinajstić information content (AvgIpc) is 2.51. The highest BCUT2D eigenvalue weighted by molar-refractivity contribution is 5.80. The SMILES string of the molecule is O=c1[nH]n(-c2cccc([N+](=O)[O-])c2)c(=O)c2ccccc12. The summed E-state index contributed by atoms with van der Waals surface area (Å²) in [5.74, 6) is 0. The lowest BCUT2D eigenvalue weighted by Gasteiger charge is -2.06. The number of rotatable bonds is 2. The highest BCUT2D eigenvalue weighted by Gasteiger charge is 2.11. The van der Waals surface area contributed by atoms with Crippen molar-refractivity contribution in [1.82, 2.24) is 9.78 Å². The van der Waals surface area contributed by atoms with Gasteiger partial charge in [-0.1, -0.05) is 18.2 Å². The zero-order valence-electron chi connectivity index (χ0n) is 10.6. The normalized spacial score (nSPS) is 10.7. The Morgan fingerprint density at radius 3 is 2.43 bits per heavy atom. The number of nitro benzene ring substituents is 1. The van der Waals surface area contributed by atoms with Crippen molar-refractivity contribution in [3.63, 3.8) is 0 Å². The van der Waals surface area contributed by atoms with Crippen molar-refractivity contribution in [2.24, 2.45) is 0 Å². The van der Waals surface area contributed by atoms with Crippen LogP contribution in [0.2, 0.25) is 0 Å². The molecule has 21 heavy (non-hydrogen) atoms. The third kappa shape index (κ3) is 2.10. The maximum Gasteiger partial charge on any atom is 0.277 e. The maximum absolute atomic E-state index is 12.4. The highest BCUT2D eigenvalue weighted by Crippen LogP contribution is 2.15. The zero-order valence-corrected chi connectivity index (χ0v) is 10.6. The van der Waals surface area contributed by atoms with Gasteiger partial charge in [-0.05, 0) is 18.2 Å². The number of hydrogen-bond acceptors (Lipinski definition) is 4. The topological polar surface area (TPSA) is 98.0 Å². The summed E-state index contributed by atoms with van der Waals surface area (Å²) in [5.41, 5.74) is -0.798. The van der Waals surface area contributed by atoms with E-state index in [1.165, 1.54) is 24.3 Å².